The smallest absolute Gasteiger partial charge is 0.256 e. The van der Waals surface area contributed by atoms with E-state index in [0.717, 1.165) is 18.5 Å². The van der Waals surface area contributed by atoms with E-state index in [9.17, 15) is 4.79 Å². The van der Waals surface area contributed by atoms with Gasteiger partial charge in [-0.3, -0.25) is 4.79 Å². The van der Waals surface area contributed by atoms with E-state index in [4.69, 9.17) is 4.74 Å². The van der Waals surface area contributed by atoms with Crippen LogP contribution in [0.3, 0.4) is 0 Å². The zero-order valence-corrected chi connectivity index (χ0v) is 16.7. The molecule has 0 radical (unpaired) electrons. The molecular formula is C22H25N5O2. The van der Waals surface area contributed by atoms with Crippen molar-refractivity contribution in [1.82, 2.24) is 24.9 Å². The van der Waals surface area contributed by atoms with Gasteiger partial charge in [-0.25, -0.2) is 4.98 Å². The number of piperidine rings is 1. The number of ether oxygens (including phenoxy) is 1. The average molecular weight is 391 g/mol. The molecule has 3 heterocycles. The number of aryl methyl sites for hydroxylation is 1. The molecule has 1 fully saturated rings. The minimum absolute atomic E-state index is 0.00350. The molecular weight excluding hydrogens is 366 g/mol. The van der Waals surface area contributed by atoms with Crippen LogP contribution in [0.15, 0.2) is 54.9 Å². The van der Waals surface area contributed by atoms with Gasteiger partial charge >= 0.3 is 0 Å². The monoisotopic (exact) mass is 391 g/mol. The van der Waals surface area contributed by atoms with Gasteiger partial charge in [0.25, 0.3) is 5.91 Å². The fourth-order valence-corrected chi connectivity index (χ4v) is 3.73. The molecule has 1 saturated heterocycles. The number of benzene rings is 1. The predicted octanol–water partition coefficient (Wildman–Crippen LogP) is 3.29. The third kappa shape index (κ3) is 4.29. The lowest BCUT2D eigenvalue weighted by molar-refractivity contribution is 0.0502. The number of carbonyl (C=O) groups excluding carboxylic acids is 1. The van der Waals surface area contributed by atoms with Crippen LogP contribution in [0.5, 0.6) is 5.88 Å². The van der Waals surface area contributed by atoms with Crippen LogP contribution >= 0.6 is 0 Å². The van der Waals surface area contributed by atoms with Crippen molar-refractivity contribution in [3.05, 3.63) is 66.1 Å². The minimum Gasteiger partial charge on any atom is -0.477 e. The van der Waals surface area contributed by atoms with E-state index < -0.39 is 0 Å². The Bertz CT molecular complexity index is 973. The molecule has 1 aliphatic heterocycles. The maximum absolute atomic E-state index is 13.4. The molecule has 7 heteroatoms. The molecule has 1 aliphatic rings. The summed E-state index contributed by atoms with van der Waals surface area (Å²) in [7, 11) is 0. The van der Waals surface area contributed by atoms with E-state index in [0.29, 0.717) is 30.3 Å². The highest BCUT2D eigenvalue weighted by Gasteiger charge is 2.31. The summed E-state index contributed by atoms with van der Waals surface area (Å²) in [6, 6.07) is 13.4. The molecule has 2 atom stereocenters. The second-order valence-corrected chi connectivity index (χ2v) is 7.51. The van der Waals surface area contributed by atoms with Gasteiger partial charge in [-0.05, 0) is 44.9 Å². The lowest BCUT2D eigenvalue weighted by Crippen LogP contribution is -2.47. The van der Waals surface area contributed by atoms with E-state index >= 15 is 0 Å². The highest BCUT2D eigenvalue weighted by Crippen LogP contribution is 2.26. The maximum atomic E-state index is 13.4. The number of hydrogen-bond acceptors (Lipinski definition) is 5. The average Bonchev–Trinajstić information content (AvgIpc) is 3.27. The topological polar surface area (TPSA) is 73.1 Å². The van der Waals surface area contributed by atoms with Gasteiger partial charge in [0.05, 0.1) is 30.3 Å². The van der Waals surface area contributed by atoms with Crippen molar-refractivity contribution >= 4 is 5.91 Å². The van der Waals surface area contributed by atoms with Gasteiger partial charge in [-0.1, -0.05) is 18.2 Å². The molecule has 29 heavy (non-hydrogen) atoms. The number of amides is 1. The van der Waals surface area contributed by atoms with Crippen LogP contribution in [-0.2, 0) is 0 Å². The summed E-state index contributed by atoms with van der Waals surface area (Å²) in [5, 5.41) is 8.37. The highest BCUT2D eigenvalue weighted by molar-refractivity contribution is 5.98. The number of likely N-dealkylation sites (tertiary alicyclic amines) is 1. The van der Waals surface area contributed by atoms with E-state index in [2.05, 4.69) is 22.1 Å². The molecule has 7 nitrogen and oxygen atoms in total. The second-order valence-electron chi connectivity index (χ2n) is 7.51. The Morgan fingerprint density at radius 1 is 1.10 bits per heavy atom. The predicted molar refractivity (Wildman–Crippen MR) is 109 cm³/mol. The lowest BCUT2D eigenvalue weighted by Gasteiger charge is -2.38. The fraction of sp³-hybridized carbons (Fsp3) is 0.364. The standard InChI is InChI=1S/C22H25N5O2/c1-16-6-5-9-21(25-16)29-15-18-11-10-17(2)26(14-18)22(28)19-7-3-4-8-20(19)27-23-12-13-24-27/h3-9,12-13,17-18H,10-11,14-15H2,1-2H3/t17-,18+/m1/s1. The Kier molecular flexibility index (Phi) is 5.55. The van der Waals surface area contributed by atoms with Crippen LogP contribution in [0, 0.1) is 12.8 Å². The summed E-state index contributed by atoms with van der Waals surface area (Å²) >= 11 is 0. The zero-order chi connectivity index (χ0) is 20.2. The van der Waals surface area contributed by atoms with Crippen LogP contribution in [0.2, 0.25) is 0 Å². The molecule has 150 valence electrons. The molecule has 0 spiro atoms. The number of nitrogens with zero attached hydrogens (tertiary/aromatic N) is 5. The SMILES string of the molecule is Cc1cccc(OC[C@H]2CC[C@@H](C)N(C(=O)c3ccccc3-n3nccn3)C2)n1. The van der Waals surface area contributed by atoms with E-state index in [-0.39, 0.29) is 17.9 Å². The molecule has 2 aromatic heterocycles. The number of rotatable bonds is 5. The van der Waals surface area contributed by atoms with Crippen molar-refractivity contribution in [3.8, 4) is 11.6 Å². The summed E-state index contributed by atoms with van der Waals surface area (Å²) in [4.78, 5) is 21.2. The van der Waals surface area contributed by atoms with E-state index in [1.165, 1.54) is 4.80 Å². The second kappa shape index (κ2) is 8.43. The third-order valence-electron chi connectivity index (χ3n) is 5.34. The van der Waals surface area contributed by atoms with Gasteiger partial charge in [0.2, 0.25) is 5.88 Å². The van der Waals surface area contributed by atoms with Crippen LogP contribution in [0.1, 0.15) is 35.8 Å². The van der Waals surface area contributed by atoms with Crippen molar-refractivity contribution in [1.29, 1.82) is 0 Å². The molecule has 3 aromatic rings. The first kappa shape index (κ1) is 19.1. The van der Waals surface area contributed by atoms with Gasteiger partial charge in [0, 0.05) is 30.3 Å². The van der Waals surface area contributed by atoms with Gasteiger partial charge in [0.15, 0.2) is 0 Å². The third-order valence-corrected chi connectivity index (χ3v) is 5.34. The van der Waals surface area contributed by atoms with Crippen molar-refractivity contribution in [3.63, 3.8) is 0 Å². The zero-order valence-electron chi connectivity index (χ0n) is 16.7. The van der Waals surface area contributed by atoms with Gasteiger partial charge in [-0.15, -0.1) is 0 Å². The Morgan fingerprint density at radius 3 is 2.69 bits per heavy atom. The number of para-hydroxylation sites is 1. The van der Waals surface area contributed by atoms with Crippen molar-refractivity contribution in [2.75, 3.05) is 13.2 Å². The lowest BCUT2D eigenvalue weighted by atomic mass is 9.93. The number of hydrogen-bond donors (Lipinski definition) is 0. The first-order chi connectivity index (χ1) is 14.1. The molecule has 1 amide bonds. The first-order valence-corrected chi connectivity index (χ1v) is 9.95. The largest absolute Gasteiger partial charge is 0.477 e. The van der Waals surface area contributed by atoms with E-state index in [1.807, 2.05) is 54.3 Å². The molecule has 0 N–H and O–H groups in total. The number of pyridine rings is 1. The quantitative estimate of drug-likeness (QED) is 0.667. The van der Waals surface area contributed by atoms with Crippen LogP contribution in [0.25, 0.3) is 5.69 Å². The highest BCUT2D eigenvalue weighted by atomic mass is 16.5. The first-order valence-electron chi connectivity index (χ1n) is 9.95. The van der Waals surface area contributed by atoms with E-state index in [1.54, 1.807) is 12.4 Å². The minimum atomic E-state index is 0.00350. The van der Waals surface area contributed by atoms with Crippen LogP contribution < -0.4 is 4.74 Å². The van der Waals surface area contributed by atoms with Gasteiger partial charge in [-0.2, -0.15) is 15.0 Å². The van der Waals surface area contributed by atoms with Gasteiger partial charge in [0.1, 0.15) is 0 Å². The van der Waals surface area contributed by atoms with Crippen LogP contribution in [-0.4, -0.2) is 50.0 Å². The van der Waals surface area contributed by atoms with Crippen molar-refractivity contribution in [2.24, 2.45) is 5.92 Å². The number of carbonyl (C=O) groups is 1. The van der Waals surface area contributed by atoms with Crippen molar-refractivity contribution < 1.29 is 9.53 Å². The summed E-state index contributed by atoms with van der Waals surface area (Å²) in [6.45, 7) is 5.26. The van der Waals surface area contributed by atoms with Gasteiger partial charge < -0.3 is 9.64 Å². The Morgan fingerprint density at radius 2 is 1.90 bits per heavy atom. The maximum Gasteiger partial charge on any atom is 0.256 e. The Hall–Kier alpha value is -3.22. The molecule has 0 saturated carbocycles. The normalized spacial score (nSPS) is 19.2. The summed E-state index contributed by atoms with van der Waals surface area (Å²) < 4.78 is 5.90. The number of aromatic nitrogens is 4. The Balaban J connectivity index is 1.48. The molecule has 0 unspecified atom stereocenters. The summed E-state index contributed by atoms with van der Waals surface area (Å²) in [5.41, 5.74) is 2.23. The fourth-order valence-electron chi connectivity index (χ4n) is 3.73. The molecule has 0 bridgehead atoms. The summed E-state index contributed by atoms with van der Waals surface area (Å²) in [5.74, 6) is 0.910. The van der Waals surface area contributed by atoms with Crippen LogP contribution in [0.4, 0.5) is 0 Å². The molecule has 0 aliphatic carbocycles. The van der Waals surface area contributed by atoms with Crippen molar-refractivity contribution in [2.45, 2.75) is 32.7 Å². The summed E-state index contributed by atoms with van der Waals surface area (Å²) in [6.07, 6.45) is 5.19. The Labute approximate surface area is 170 Å². The molecule has 4 rings (SSSR count). The molecule has 1 aromatic carbocycles.